The van der Waals surface area contributed by atoms with Crippen molar-refractivity contribution in [1.29, 1.82) is 0 Å². The summed E-state index contributed by atoms with van der Waals surface area (Å²) in [6, 6.07) is 0. The summed E-state index contributed by atoms with van der Waals surface area (Å²) >= 11 is 0. The molecule has 7 aliphatic rings. The van der Waals surface area contributed by atoms with Gasteiger partial charge in [0.05, 0.1) is 11.5 Å². The van der Waals surface area contributed by atoms with Crippen LogP contribution < -0.4 is 0 Å². The number of carbonyl (C=O) groups is 1. The van der Waals surface area contributed by atoms with Gasteiger partial charge in [0, 0.05) is 11.8 Å². The van der Waals surface area contributed by atoms with Crippen molar-refractivity contribution in [2.45, 2.75) is 70.0 Å². The van der Waals surface area contributed by atoms with Gasteiger partial charge >= 0.3 is 5.97 Å². The van der Waals surface area contributed by atoms with Crippen LogP contribution in [-0.2, 0) is 9.53 Å². The van der Waals surface area contributed by atoms with Gasteiger partial charge in [-0.2, -0.15) is 0 Å². The highest BCUT2D eigenvalue weighted by atomic mass is 16.6. The summed E-state index contributed by atoms with van der Waals surface area (Å²) in [5, 5.41) is 11.4. The van der Waals surface area contributed by atoms with Crippen LogP contribution in [0.2, 0.25) is 0 Å². The molecule has 0 aliphatic heterocycles. The maximum atomic E-state index is 12.6. The summed E-state index contributed by atoms with van der Waals surface area (Å²) in [6.45, 7) is 4.05. The smallest absolute Gasteiger partial charge is 0.309 e. The van der Waals surface area contributed by atoms with Crippen LogP contribution in [0.4, 0.5) is 0 Å². The Hall–Kier alpha value is -0.570. The Kier molecular flexibility index (Phi) is 2.57. The number of esters is 1. The van der Waals surface area contributed by atoms with E-state index >= 15 is 0 Å². The Balaban J connectivity index is 1.55. The molecule has 7 aliphatic carbocycles. The molecule has 1 N–H and O–H groups in total. The first-order valence-electron chi connectivity index (χ1n) is 9.43. The predicted octanol–water partition coefficient (Wildman–Crippen LogP) is 3.15. The van der Waals surface area contributed by atoms with E-state index in [0.717, 1.165) is 19.3 Å². The molecule has 0 radical (unpaired) electrons. The molecular formula is C19H28O3. The SMILES string of the molecule is CCC(C)C(=O)OC12CC3CC4C1CC1CC2C(C3)C4(O)C1. The van der Waals surface area contributed by atoms with E-state index in [1.54, 1.807) is 0 Å². The average Bonchev–Trinajstić information content (AvgIpc) is 2.50. The maximum Gasteiger partial charge on any atom is 0.309 e. The standard InChI is InChI=1S/C19H28O3/c1-3-10(2)17(20)22-19-9-12-4-13-15(19)6-11-7-16(19)14(5-12)18(13,21)8-11/h10-16,21H,3-9H2,1-2H3. The highest BCUT2D eigenvalue weighted by Gasteiger charge is 2.76. The van der Waals surface area contributed by atoms with Gasteiger partial charge in [0.1, 0.15) is 5.60 Å². The second-order valence-corrected chi connectivity index (χ2v) is 9.19. The zero-order chi connectivity index (χ0) is 15.3. The van der Waals surface area contributed by atoms with E-state index in [9.17, 15) is 9.90 Å². The summed E-state index contributed by atoms with van der Waals surface area (Å²) < 4.78 is 6.33. The van der Waals surface area contributed by atoms with Crippen molar-refractivity contribution < 1.29 is 14.6 Å². The number of hydrogen-bond acceptors (Lipinski definition) is 3. The largest absolute Gasteiger partial charge is 0.458 e. The Bertz CT molecular complexity index is 503. The van der Waals surface area contributed by atoms with Crippen LogP contribution in [0.1, 0.15) is 58.8 Å². The molecule has 5 unspecified atom stereocenters. The van der Waals surface area contributed by atoms with Crippen molar-refractivity contribution in [3.8, 4) is 0 Å². The first-order valence-corrected chi connectivity index (χ1v) is 9.43. The van der Waals surface area contributed by atoms with Gasteiger partial charge in [0.2, 0.25) is 0 Å². The normalized spacial score (nSPS) is 58.1. The number of rotatable bonds is 3. The number of ether oxygens (including phenoxy) is 1. The van der Waals surface area contributed by atoms with Gasteiger partial charge in [-0.1, -0.05) is 13.8 Å². The molecule has 0 spiro atoms. The van der Waals surface area contributed by atoms with Gasteiger partial charge in [-0.15, -0.1) is 0 Å². The number of carbonyl (C=O) groups excluding carboxylic acids is 1. The van der Waals surface area contributed by atoms with Crippen molar-refractivity contribution in [3.05, 3.63) is 0 Å². The zero-order valence-corrected chi connectivity index (χ0v) is 13.8. The summed E-state index contributed by atoms with van der Waals surface area (Å²) in [4.78, 5) is 12.6. The number of hydrogen-bond donors (Lipinski definition) is 1. The zero-order valence-electron chi connectivity index (χ0n) is 13.8. The van der Waals surface area contributed by atoms with Crippen molar-refractivity contribution >= 4 is 5.97 Å². The molecule has 0 saturated heterocycles. The van der Waals surface area contributed by atoms with Crippen molar-refractivity contribution in [1.82, 2.24) is 0 Å². The van der Waals surface area contributed by atoms with Crippen LogP contribution in [0, 0.1) is 41.4 Å². The summed E-state index contributed by atoms with van der Waals surface area (Å²) in [7, 11) is 0. The van der Waals surface area contributed by atoms with E-state index in [2.05, 4.69) is 6.92 Å². The van der Waals surface area contributed by atoms with Gasteiger partial charge in [0.25, 0.3) is 0 Å². The molecule has 7 fully saturated rings. The van der Waals surface area contributed by atoms with Gasteiger partial charge in [0.15, 0.2) is 0 Å². The van der Waals surface area contributed by atoms with Gasteiger partial charge in [-0.3, -0.25) is 4.79 Å². The maximum absolute atomic E-state index is 12.6. The topological polar surface area (TPSA) is 46.5 Å². The number of aliphatic hydroxyl groups is 1. The van der Waals surface area contributed by atoms with E-state index in [1.165, 1.54) is 25.7 Å². The van der Waals surface area contributed by atoms with Crippen LogP contribution >= 0.6 is 0 Å². The lowest BCUT2D eigenvalue weighted by Gasteiger charge is -2.75. The van der Waals surface area contributed by atoms with E-state index in [-0.39, 0.29) is 17.5 Å². The molecule has 7 rings (SSSR count). The summed E-state index contributed by atoms with van der Waals surface area (Å²) in [6.07, 6.45) is 7.71. The minimum atomic E-state index is -0.417. The summed E-state index contributed by atoms with van der Waals surface area (Å²) in [5.74, 6) is 3.07. The molecule has 0 aromatic carbocycles. The van der Waals surface area contributed by atoms with Crippen LogP contribution in [0.25, 0.3) is 0 Å². The molecule has 0 aromatic heterocycles. The first kappa shape index (κ1) is 13.8. The average molecular weight is 304 g/mol. The van der Waals surface area contributed by atoms with Gasteiger partial charge in [-0.05, 0) is 68.6 Å². The highest BCUT2D eigenvalue weighted by Crippen LogP contribution is 2.74. The molecule has 7 saturated carbocycles. The third kappa shape index (κ3) is 1.41. The molecule has 3 nitrogen and oxygen atoms in total. The van der Waals surface area contributed by atoms with Crippen molar-refractivity contribution in [3.63, 3.8) is 0 Å². The van der Waals surface area contributed by atoms with E-state index in [1.807, 2.05) is 6.92 Å². The Labute approximate surface area is 132 Å². The van der Waals surface area contributed by atoms with E-state index in [0.29, 0.717) is 35.5 Å². The Morgan fingerprint density at radius 3 is 2.23 bits per heavy atom. The Morgan fingerprint density at radius 2 is 1.64 bits per heavy atom. The molecule has 0 aromatic rings. The van der Waals surface area contributed by atoms with Crippen LogP contribution in [0.3, 0.4) is 0 Å². The second kappa shape index (κ2) is 4.09. The molecular weight excluding hydrogens is 276 g/mol. The lowest BCUT2D eigenvalue weighted by atomic mass is 9.32. The molecule has 0 amide bonds. The van der Waals surface area contributed by atoms with Crippen LogP contribution in [-0.4, -0.2) is 22.3 Å². The second-order valence-electron chi connectivity index (χ2n) is 9.19. The fourth-order valence-electron chi connectivity index (χ4n) is 7.52. The first-order chi connectivity index (χ1) is 10.5. The Morgan fingerprint density at radius 1 is 1.09 bits per heavy atom. The van der Waals surface area contributed by atoms with E-state index < -0.39 is 5.60 Å². The third-order valence-electron chi connectivity index (χ3n) is 8.39. The van der Waals surface area contributed by atoms with Crippen molar-refractivity contribution in [2.24, 2.45) is 41.4 Å². The fourth-order valence-corrected chi connectivity index (χ4v) is 7.52. The molecule has 5 atom stereocenters. The molecule has 8 bridgehead atoms. The predicted molar refractivity (Wildman–Crippen MR) is 81.9 cm³/mol. The van der Waals surface area contributed by atoms with Gasteiger partial charge < -0.3 is 9.84 Å². The molecule has 122 valence electrons. The summed E-state index contributed by atoms with van der Waals surface area (Å²) in [5.41, 5.74) is -0.625. The minimum absolute atomic E-state index is 0.00588. The van der Waals surface area contributed by atoms with Crippen molar-refractivity contribution in [2.75, 3.05) is 0 Å². The monoisotopic (exact) mass is 304 g/mol. The molecule has 0 heterocycles. The quantitative estimate of drug-likeness (QED) is 0.815. The lowest BCUT2D eigenvalue weighted by Crippen LogP contribution is -2.78. The van der Waals surface area contributed by atoms with Crippen LogP contribution in [0.5, 0.6) is 0 Å². The van der Waals surface area contributed by atoms with E-state index in [4.69, 9.17) is 4.74 Å². The third-order valence-corrected chi connectivity index (χ3v) is 8.39. The fraction of sp³-hybridized carbons (Fsp3) is 0.947. The van der Waals surface area contributed by atoms with Crippen LogP contribution in [0.15, 0.2) is 0 Å². The minimum Gasteiger partial charge on any atom is -0.458 e. The highest BCUT2D eigenvalue weighted by molar-refractivity contribution is 5.72. The lowest BCUT2D eigenvalue weighted by molar-refractivity contribution is -0.344. The molecule has 22 heavy (non-hydrogen) atoms. The molecule has 3 heteroatoms. The van der Waals surface area contributed by atoms with Gasteiger partial charge in [-0.25, -0.2) is 0 Å².